The molecular weight excluding hydrogens is 486 g/mol. The highest BCUT2D eigenvalue weighted by Gasteiger charge is 2.39. The normalized spacial score (nSPS) is 17.7. The molecule has 1 aromatic carbocycles. The lowest BCUT2D eigenvalue weighted by atomic mass is 10.0. The smallest absolute Gasteiger partial charge is 0.255 e. The van der Waals surface area contributed by atoms with Gasteiger partial charge < -0.3 is 30.2 Å². The summed E-state index contributed by atoms with van der Waals surface area (Å²) in [5, 5.41) is 8.43. The molecule has 3 rings (SSSR count). The summed E-state index contributed by atoms with van der Waals surface area (Å²) in [5.74, 6) is -1.43. The van der Waals surface area contributed by atoms with Crippen molar-refractivity contribution in [1.82, 2.24) is 10.2 Å². The molecule has 1 fully saturated rings. The van der Waals surface area contributed by atoms with Crippen molar-refractivity contribution in [3.05, 3.63) is 39.8 Å². The van der Waals surface area contributed by atoms with Gasteiger partial charge in [-0.3, -0.25) is 24.5 Å². The zero-order valence-corrected chi connectivity index (χ0v) is 20.4. The third-order valence-electron chi connectivity index (χ3n) is 5.76. The van der Waals surface area contributed by atoms with Crippen LogP contribution in [0.4, 0.5) is 5.69 Å². The summed E-state index contributed by atoms with van der Waals surface area (Å²) in [6.45, 7) is 2.08. The first-order valence-electron chi connectivity index (χ1n) is 12.0. The molecule has 37 heavy (non-hydrogen) atoms. The van der Waals surface area contributed by atoms with Gasteiger partial charge in [0.2, 0.25) is 17.7 Å². The molecule has 4 N–H and O–H groups in total. The number of amides is 4. The number of carbonyl (C=O) groups is 4. The second kappa shape index (κ2) is 14.3. The van der Waals surface area contributed by atoms with Crippen LogP contribution >= 0.6 is 0 Å². The van der Waals surface area contributed by atoms with Crippen molar-refractivity contribution >= 4 is 29.3 Å². The van der Waals surface area contributed by atoms with Crippen molar-refractivity contribution in [2.24, 2.45) is 10.8 Å². The molecule has 2 heterocycles. The monoisotopic (exact) mass is 517 g/mol. The number of nitrogens with zero attached hydrogens (tertiary/aromatic N) is 4. The number of benzene rings is 1. The number of imide groups is 1. The van der Waals surface area contributed by atoms with Crippen molar-refractivity contribution in [2.45, 2.75) is 37.9 Å². The molecule has 2 aliphatic rings. The van der Waals surface area contributed by atoms with E-state index in [2.05, 4.69) is 20.7 Å². The van der Waals surface area contributed by atoms with E-state index < -0.39 is 11.9 Å². The minimum absolute atomic E-state index is 0.0844. The molecular formula is C23H31N7O7. The fraction of sp³-hybridized carbons (Fsp3) is 0.565. The molecule has 2 atom stereocenters. The Morgan fingerprint density at radius 2 is 1.95 bits per heavy atom. The van der Waals surface area contributed by atoms with Crippen LogP contribution in [0, 0.1) is 0 Å². The van der Waals surface area contributed by atoms with Crippen LogP contribution in [0.1, 0.15) is 35.2 Å². The summed E-state index contributed by atoms with van der Waals surface area (Å²) in [7, 11) is 0. The van der Waals surface area contributed by atoms with Crippen LogP contribution in [0.2, 0.25) is 0 Å². The number of ether oxygens (including phenoxy) is 3. The molecule has 0 saturated carbocycles. The predicted molar refractivity (Wildman–Crippen MR) is 130 cm³/mol. The molecule has 0 bridgehead atoms. The molecule has 200 valence electrons. The molecule has 0 radical (unpaired) electrons. The maximum atomic E-state index is 12.9. The van der Waals surface area contributed by atoms with Gasteiger partial charge in [0.25, 0.3) is 5.91 Å². The number of carbonyl (C=O) groups excluding carboxylic acids is 4. The largest absolute Gasteiger partial charge is 0.379 e. The van der Waals surface area contributed by atoms with E-state index in [1.807, 2.05) is 0 Å². The fourth-order valence-corrected chi connectivity index (χ4v) is 3.97. The molecule has 4 amide bonds. The number of nitrogens with two attached hydrogens (primary N) is 1. The van der Waals surface area contributed by atoms with E-state index >= 15 is 0 Å². The average Bonchev–Trinajstić information content (AvgIpc) is 3.20. The van der Waals surface area contributed by atoms with Crippen LogP contribution < -0.4 is 16.4 Å². The van der Waals surface area contributed by atoms with Gasteiger partial charge in [-0.1, -0.05) is 11.2 Å². The second-order valence-corrected chi connectivity index (χ2v) is 8.51. The maximum Gasteiger partial charge on any atom is 0.255 e. The Hall–Kier alpha value is -3.55. The number of rotatable bonds is 15. The van der Waals surface area contributed by atoms with Gasteiger partial charge in [-0.15, -0.1) is 0 Å². The average molecular weight is 518 g/mol. The van der Waals surface area contributed by atoms with Gasteiger partial charge in [0.05, 0.1) is 52.1 Å². The van der Waals surface area contributed by atoms with Gasteiger partial charge in [-0.05, 0) is 24.1 Å². The van der Waals surface area contributed by atoms with E-state index in [0.29, 0.717) is 36.6 Å². The minimum Gasteiger partial charge on any atom is -0.379 e. The van der Waals surface area contributed by atoms with Crippen LogP contribution in [0.25, 0.3) is 10.4 Å². The topological polar surface area (TPSA) is 198 Å². The molecule has 0 spiro atoms. The minimum atomic E-state index is -0.723. The van der Waals surface area contributed by atoms with Gasteiger partial charge in [0, 0.05) is 41.2 Å². The Kier molecular flexibility index (Phi) is 10.8. The standard InChI is InChI=1S/C23H31N7O7/c24-15(14-37-11-10-35-9-7-26-29-25)13-36-8-6-21(32)27-18-3-1-2-16-17(18)12-30(23(16)34)19-4-5-20(31)28-22(19)33/h1-3,15,19H,4-14,24H2,(H,27,32)(H,28,31,33). The Bertz CT molecular complexity index is 1040. The van der Waals surface area contributed by atoms with Crippen LogP contribution in [-0.2, 0) is 35.1 Å². The summed E-state index contributed by atoms with van der Waals surface area (Å²) >= 11 is 0. The van der Waals surface area contributed by atoms with E-state index in [1.165, 1.54) is 4.90 Å². The molecule has 0 aromatic heterocycles. The van der Waals surface area contributed by atoms with Crippen LogP contribution in [-0.4, -0.2) is 86.8 Å². The molecule has 14 heteroatoms. The first-order chi connectivity index (χ1) is 17.9. The molecule has 1 saturated heterocycles. The summed E-state index contributed by atoms with van der Waals surface area (Å²) in [6.07, 6.45) is 0.523. The Morgan fingerprint density at radius 3 is 2.70 bits per heavy atom. The number of hydrogen-bond donors (Lipinski definition) is 3. The van der Waals surface area contributed by atoms with Crippen LogP contribution in [0.3, 0.4) is 0 Å². The van der Waals surface area contributed by atoms with E-state index in [4.69, 9.17) is 25.5 Å². The number of fused-ring (bicyclic) bond motifs is 1. The second-order valence-electron chi connectivity index (χ2n) is 8.51. The lowest BCUT2D eigenvalue weighted by Crippen LogP contribution is -2.52. The van der Waals surface area contributed by atoms with Crippen molar-refractivity contribution in [3.8, 4) is 0 Å². The van der Waals surface area contributed by atoms with E-state index in [-0.39, 0.29) is 75.9 Å². The summed E-state index contributed by atoms with van der Waals surface area (Å²) in [5.41, 5.74) is 15.6. The maximum absolute atomic E-state index is 12.9. The Morgan fingerprint density at radius 1 is 1.19 bits per heavy atom. The van der Waals surface area contributed by atoms with Gasteiger partial charge in [0.15, 0.2) is 0 Å². The van der Waals surface area contributed by atoms with Gasteiger partial charge in [-0.2, -0.15) is 0 Å². The zero-order valence-electron chi connectivity index (χ0n) is 20.4. The predicted octanol–water partition coefficient (Wildman–Crippen LogP) is 0.464. The fourth-order valence-electron chi connectivity index (χ4n) is 3.97. The van der Waals surface area contributed by atoms with Gasteiger partial charge in [-0.25, -0.2) is 0 Å². The molecule has 1 aromatic rings. The summed E-state index contributed by atoms with van der Waals surface area (Å²) < 4.78 is 16.1. The number of anilines is 1. The van der Waals surface area contributed by atoms with Crippen molar-refractivity contribution in [2.75, 3.05) is 51.5 Å². The lowest BCUT2D eigenvalue weighted by Gasteiger charge is -2.29. The van der Waals surface area contributed by atoms with Crippen LogP contribution in [0.5, 0.6) is 0 Å². The number of piperidine rings is 1. The van der Waals surface area contributed by atoms with E-state index in [1.54, 1.807) is 18.2 Å². The molecule has 2 unspecified atom stereocenters. The highest BCUT2D eigenvalue weighted by molar-refractivity contribution is 6.06. The van der Waals surface area contributed by atoms with Gasteiger partial charge in [0.1, 0.15) is 6.04 Å². The molecule has 14 nitrogen and oxygen atoms in total. The van der Waals surface area contributed by atoms with Crippen molar-refractivity contribution in [1.29, 1.82) is 0 Å². The number of hydrogen-bond acceptors (Lipinski definition) is 9. The quantitative estimate of drug-likeness (QED) is 0.0979. The molecule has 2 aliphatic heterocycles. The highest BCUT2D eigenvalue weighted by atomic mass is 16.5. The zero-order chi connectivity index (χ0) is 26.6. The highest BCUT2D eigenvalue weighted by Crippen LogP contribution is 2.32. The van der Waals surface area contributed by atoms with Crippen molar-refractivity contribution < 1.29 is 33.4 Å². The first-order valence-corrected chi connectivity index (χ1v) is 12.0. The van der Waals surface area contributed by atoms with E-state index in [0.717, 1.165) is 0 Å². The molecule has 0 aliphatic carbocycles. The Labute approximate surface area is 213 Å². The third-order valence-corrected chi connectivity index (χ3v) is 5.76. The van der Waals surface area contributed by atoms with E-state index in [9.17, 15) is 19.2 Å². The first kappa shape index (κ1) is 28.0. The Balaban J connectivity index is 1.36. The van der Waals surface area contributed by atoms with Gasteiger partial charge >= 0.3 is 0 Å². The van der Waals surface area contributed by atoms with Crippen molar-refractivity contribution in [3.63, 3.8) is 0 Å². The summed E-state index contributed by atoms with van der Waals surface area (Å²) in [6, 6.07) is 3.93. The summed E-state index contributed by atoms with van der Waals surface area (Å²) in [4.78, 5) is 53.1. The number of nitrogens with one attached hydrogen (secondary N) is 2. The SMILES string of the molecule is [N-]=[N+]=NCCOCCOCC(N)COCCC(=O)Nc1cccc2c1CN(C1CCC(=O)NC1=O)C2=O. The lowest BCUT2D eigenvalue weighted by molar-refractivity contribution is -0.137. The number of azide groups is 1. The third kappa shape index (κ3) is 8.23. The van der Waals surface area contributed by atoms with Crippen LogP contribution in [0.15, 0.2) is 23.3 Å².